The molecule has 0 heterocycles. The maximum Gasteiger partial charge on any atom is 0.321 e. The first-order valence-corrected chi connectivity index (χ1v) is 5.49. The van der Waals surface area contributed by atoms with Crippen LogP contribution in [-0.4, -0.2) is 39.8 Å². The van der Waals surface area contributed by atoms with E-state index < -0.39 is 34.9 Å². The lowest BCUT2D eigenvalue weighted by Crippen LogP contribution is -2.48. The van der Waals surface area contributed by atoms with Crippen molar-refractivity contribution in [1.29, 1.82) is 0 Å². The second-order valence-electron chi connectivity index (χ2n) is 3.26. The summed E-state index contributed by atoms with van der Waals surface area (Å²) >= 11 is 7.32. The largest absolute Gasteiger partial charge is 0.480 e. The maximum absolute atomic E-state index is 11.7. The van der Waals surface area contributed by atoms with E-state index in [1.165, 1.54) is 0 Å². The van der Waals surface area contributed by atoms with Crippen LogP contribution in [0.2, 0.25) is 0 Å². The van der Waals surface area contributed by atoms with Crippen LogP contribution in [0.25, 0.3) is 0 Å². The first-order valence-electron chi connectivity index (χ1n) is 4.41. The molecule has 0 spiro atoms. The van der Waals surface area contributed by atoms with Gasteiger partial charge in [-0.3, -0.25) is 14.4 Å². The van der Waals surface area contributed by atoms with Crippen LogP contribution in [0.15, 0.2) is 0 Å². The molecule has 0 rings (SSSR count). The van der Waals surface area contributed by atoms with Gasteiger partial charge in [0.15, 0.2) is 10.9 Å². The number of carboxylic acid groups (broad SMARTS) is 1. The van der Waals surface area contributed by atoms with Crippen LogP contribution in [-0.2, 0) is 14.4 Å². The lowest BCUT2D eigenvalue weighted by Gasteiger charge is -2.20. The average molecular weight is 266 g/mol. The normalized spacial score (nSPS) is 16.2. The van der Waals surface area contributed by atoms with Crippen LogP contribution in [0.1, 0.15) is 6.42 Å². The van der Waals surface area contributed by atoms with E-state index in [1.54, 1.807) is 0 Å². The highest BCUT2D eigenvalue weighted by Crippen LogP contribution is 2.13. The Bertz CT molecular complexity index is 298. The molecule has 0 saturated carbocycles. The van der Waals surface area contributed by atoms with Gasteiger partial charge in [0.2, 0.25) is 0 Å². The molecule has 0 aliphatic rings. The average Bonchev–Trinajstić information content (AvgIpc) is 2.22. The third kappa shape index (κ3) is 4.52. The van der Waals surface area contributed by atoms with Crippen molar-refractivity contribution < 1.29 is 19.5 Å². The molecule has 8 heteroatoms. The van der Waals surface area contributed by atoms with E-state index in [1.807, 2.05) is 0 Å². The van der Waals surface area contributed by atoms with Crippen molar-refractivity contribution in [1.82, 2.24) is 0 Å². The zero-order chi connectivity index (χ0) is 12.9. The Kier molecular flexibility index (Phi) is 6.65. The number of ketones is 1. The Morgan fingerprint density at radius 1 is 1.25 bits per heavy atom. The fourth-order valence-corrected chi connectivity index (χ4v) is 1.51. The zero-order valence-corrected chi connectivity index (χ0v) is 10.2. The van der Waals surface area contributed by atoms with Gasteiger partial charge in [0.05, 0.1) is 12.0 Å². The van der Waals surface area contributed by atoms with E-state index in [9.17, 15) is 14.4 Å². The molecule has 92 valence electrons. The van der Waals surface area contributed by atoms with Gasteiger partial charge in [-0.25, -0.2) is 0 Å². The molecule has 0 aliphatic carbocycles. The lowest BCUT2D eigenvalue weighted by molar-refractivity contribution is -0.143. The molecule has 16 heavy (non-hydrogen) atoms. The summed E-state index contributed by atoms with van der Waals surface area (Å²) in [5.41, 5.74) is 10.7. The number of nitrogens with two attached hydrogens (primary N) is 2. The molecule has 0 aliphatic heterocycles. The van der Waals surface area contributed by atoms with Crippen molar-refractivity contribution >= 4 is 42.1 Å². The third-order valence-corrected chi connectivity index (χ3v) is 2.62. The summed E-state index contributed by atoms with van der Waals surface area (Å²) in [4.78, 5) is 33.1. The molecule has 0 radical (unpaired) electrons. The van der Waals surface area contributed by atoms with Crippen LogP contribution >= 0.6 is 25.3 Å². The molecule has 6 nitrogen and oxygen atoms in total. The molecular formula is C8H14N2O4S2. The Morgan fingerprint density at radius 2 is 1.75 bits per heavy atom. The van der Waals surface area contributed by atoms with E-state index in [2.05, 4.69) is 25.3 Å². The molecule has 0 aromatic rings. The van der Waals surface area contributed by atoms with Crippen molar-refractivity contribution in [3.05, 3.63) is 0 Å². The van der Waals surface area contributed by atoms with Gasteiger partial charge in [-0.15, -0.1) is 12.6 Å². The van der Waals surface area contributed by atoms with Gasteiger partial charge in [0.25, 0.3) is 0 Å². The molecule has 0 aromatic heterocycles. The molecule has 1 unspecified atom stereocenters. The minimum Gasteiger partial charge on any atom is -0.480 e. The van der Waals surface area contributed by atoms with Crippen molar-refractivity contribution in [2.45, 2.75) is 18.5 Å². The molecule has 0 fully saturated rings. The topological polar surface area (TPSA) is 123 Å². The van der Waals surface area contributed by atoms with Crippen molar-refractivity contribution in [3.8, 4) is 0 Å². The highest BCUT2D eigenvalue weighted by atomic mass is 32.1. The van der Waals surface area contributed by atoms with Crippen LogP contribution in [0.4, 0.5) is 0 Å². The number of carbonyl (C=O) groups is 3. The van der Waals surface area contributed by atoms with E-state index in [-0.39, 0.29) is 12.2 Å². The van der Waals surface area contributed by atoms with Crippen LogP contribution in [0.3, 0.4) is 0 Å². The first-order chi connectivity index (χ1) is 7.31. The zero-order valence-electron chi connectivity index (χ0n) is 8.37. The van der Waals surface area contributed by atoms with Gasteiger partial charge >= 0.3 is 5.97 Å². The van der Waals surface area contributed by atoms with E-state index in [4.69, 9.17) is 16.6 Å². The number of hydrogen-bond donors (Lipinski definition) is 5. The van der Waals surface area contributed by atoms with E-state index >= 15 is 0 Å². The lowest BCUT2D eigenvalue weighted by atomic mass is 9.89. The van der Waals surface area contributed by atoms with Crippen molar-refractivity contribution in [2.24, 2.45) is 17.4 Å². The van der Waals surface area contributed by atoms with Crippen LogP contribution in [0.5, 0.6) is 0 Å². The van der Waals surface area contributed by atoms with Crippen molar-refractivity contribution in [2.75, 3.05) is 5.75 Å². The second-order valence-corrected chi connectivity index (χ2v) is 4.12. The van der Waals surface area contributed by atoms with Gasteiger partial charge in [-0.1, -0.05) is 0 Å². The first kappa shape index (κ1) is 15.4. The van der Waals surface area contributed by atoms with E-state index in [0.717, 1.165) is 0 Å². The monoisotopic (exact) mass is 266 g/mol. The maximum atomic E-state index is 11.7. The fraction of sp³-hybridized carbons (Fsp3) is 0.625. The predicted octanol–water partition coefficient (Wildman–Crippen LogP) is -1.31. The van der Waals surface area contributed by atoms with Crippen LogP contribution < -0.4 is 11.5 Å². The minimum atomic E-state index is -1.46. The van der Waals surface area contributed by atoms with Gasteiger partial charge < -0.3 is 16.6 Å². The highest BCUT2D eigenvalue weighted by Gasteiger charge is 2.34. The van der Waals surface area contributed by atoms with Gasteiger partial charge in [0.1, 0.15) is 6.04 Å². The van der Waals surface area contributed by atoms with Crippen molar-refractivity contribution in [3.63, 3.8) is 0 Å². The molecule has 0 saturated heterocycles. The fourth-order valence-electron chi connectivity index (χ4n) is 1.13. The van der Waals surface area contributed by atoms with E-state index in [0.29, 0.717) is 0 Å². The number of carbonyl (C=O) groups excluding carboxylic acids is 2. The Morgan fingerprint density at radius 3 is 2.06 bits per heavy atom. The number of rotatable bonds is 7. The Balaban J connectivity index is 4.86. The number of Topliss-reactive ketones (excluding diaryl/α,β-unsaturated/α-hetero) is 1. The smallest absolute Gasteiger partial charge is 0.321 e. The molecule has 3 atom stereocenters. The summed E-state index contributed by atoms with van der Waals surface area (Å²) in [5, 5.41) is 8.09. The summed E-state index contributed by atoms with van der Waals surface area (Å²) < 4.78 is 0. The SMILES string of the molecule is N[C@H](C(=O)O)C(CC(=O)S)C(=O)[C@@H](N)CS. The highest BCUT2D eigenvalue weighted by molar-refractivity contribution is 7.96. The number of hydrogen-bond acceptors (Lipinski definition) is 6. The molecule has 0 aromatic carbocycles. The predicted molar refractivity (Wildman–Crippen MR) is 64.5 cm³/mol. The summed E-state index contributed by atoms with van der Waals surface area (Å²) in [6.07, 6.45) is -0.350. The quantitative estimate of drug-likeness (QED) is 0.364. The third-order valence-electron chi connectivity index (χ3n) is 2.04. The van der Waals surface area contributed by atoms with Gasteiger partial charge in [0, 0.05) is 12.2 Å². The number of aliphatic carboxylic acids is 1. The second kappa shape index (κ2) is 6.89. The minimum absolute atomic E-state index is 0.0580. The summed E-state index contributed by atoms with van der Waals surface area (Å²) in [7, 11) is 0. The number of thiol groups is 2. The standard InChI is InChI=1S/C8H14N2O4S2/c9-4(2-15)7(12)3(1-5(11)16)6(10)8(13)14/h3-4,6,15H,1-2,9-10H2,(H,11,16)(H,13,14)/t3?,4-,6-/m0/s1. The van der Waals surface area contributed by atoms with Gasteiger partial charge in [-0.05, 0) is 0 Å². The Labute approximate surface area is 104 Å². The summed E-state index contributed by atoms with van der Waals surface area (Å²) in [5.74, 6) is -3.06. The van der Waals surface area contributed by atoms with Gasteiger partial charge in [-0.2, -0.15) is 12.6 Å². The molecule has 0 bridgehead atoms. The number of carboxylic acids is 1. The summed E-state index contributed by atoms with van der Waals surface area (Å²) in [6, 6.07) is -2.40. The van der Waals surface area contributed by atoms with Crippen LogP contribution in [0, 0.1) is 5.92 Å². The molecule has 0 amide bonds. The summed E-state index contributed by atoms with van der Waals surface area (Å²) in [6.45, 7) is 0. The molecule has 5 N–H and O–H groups in total. The molecular weight excluding hydrogens is 252 g/mol. The Hall–Kier alpha value is -0.570.